The fourth-order valence-corrected chi connectivity index (χ4v) is 3.63. The topological polar surface area (TPSA) is 105 Å². The quantitative estimate of drug-likeness (QED) is 0.722. The average Bonchev–Trinajstić information content (AvgIpc) is 3.02. The molecule has 7 nitrogen and oxygen atoms in total. The first-order chi connectivity index (χ1) is 9.86. The minimum absolute atomic E-state index is 0.176. The van der Waals surface area contributed by atoms with E-state index in [1.54, 1.807) is 7.05 Å². The van der Waals surface area contributed by atoms with E-state index in [-0.39, 0.29) is 16.5 Å². The number of carbonyl (C=O) groups is 2. The van der Waals surface area contributed by atoms with Crippen LogP contribution in [0.25, 0.3) is 0 Å². The van der Waals surface area contributed by atoms with Gasteiger partial charge in [-0.05, 0) is 20.5 Å². The Morgan fingerprint density at radius 2 is 2.10 bits per heavy atom. The summed E-state index contributed by atoms with van der Waals surface area (Å²) in [5.74, 6) is -0.892. The summed E-state index contributed by atoms with van der Waals surface area (Å²) in [6, 6.07) is 0.419. The molecule has 0 spiro atoms. The van der Waals surface area contributed by atoms with Gasteiger partial charge in [-0.15, -0.1) is 11.3 Å². The molecule has 0 saturated carbocycles. The third kappa shape index (κ3) is 2.81. The molecule has 8 heteroatoms. The molecule has 1 unspecified atom stereocenters. The Morgan fingerprint density at radius 1 is 1.43 bits per heavy atom. The van der Waals surface area contributed by atoms with Gasteiger partial charge in [0, 0.05) is 26.2 Å². The van der Waals surface area contributed by atoms with Crippen molar-refractivity contribution in [2.24, 2.45) is 5.73 Å². The molecule has 1 aromatic heterocycles. The highest BCUT2D eigenvalue weighted by Crippen LogP contribution is 2.39. The molecular formula is C13H21N5O2S. The number of hydrogen-bond donors (Lipinski definition) is 3. The molecule has 5 N–H and O–H groups in total. The molecule has 1 aromatic rings. The van der Waals surface area contributed by atoms with E-state index in [9.17, 15) is 9.59 Å². The van der Waals surface area contributed by atoms with E-state index in [0.29, 0.717) is 11.6 Å². The number of hydrogen-bond acceptors (Lipinski definition) is 6. The monoisotopic (exact) mass is 311 g/mol. The van der Waals surface area contributed by atoms with Crippen LogP contribution in [0.4, 0.5) is 10.7 Å². The minimum Gasteiger partial charge on any atom is -0.397 e. The molecule has 2 rings (SSSR count). The van der Waals surface area contributed by atoms with Crippen molar-refractivity contribution in [3.8, 4) is 0 Å². The van der Waals surface area contributed by atoms with Crippen LogP contribution in [0.15, 0.2) is 0 Å². The molecule has 0 radical (unpaired) electrons. The number of nitrogens with one attached hydrogen (secondary N) is 1. The molecular weight excluding hydrogens is 290 g/mol. The summed E-state index contributed by atoms with van der Waals surface area (Å²) in [7, 11) is 5.61. The molecule has 2 amide bonds. The van der Waals surface area contributed by atoms with Crippen molar-refractivity contribution in [1.29, 1.82) is 0 Å². The van der Waals surface area contributed by atoms with E-state index in [1.165, 1.54) is 11.3 Å². The number of primary amides is 1. The van der Waals surface area contributed by atoms with Crippen molar-refractivity contribution < 1.29 is 9.59 Å². The fraction of sp³-hybridized carbons (Fsp3) is 0.538. The molecule has 21 heavy (non-hydrogen) atoms. The van der Waals surface area contributed by atoms with Gasteiger partial charge in [0.2, 0.25) is 0 Å². The molecule has 1 aliphatic heterocycles. The second kappa shape index (κ2) is 5.90. The highest BCUT2D eigenvalue weighted by atomic mass is 32.1. The maximum Gasteiger partial charge on any atom is 0.260 e. The first kappa shape index (κ1) is 15.6. The van der Waals surface area contributed by atoms with Gasteiger partial charge in [0.05, 0.1) is 11.3 Å². The maximum atomic E-state index is 12.1. The van der Waals surface area contributed by atoms with Crippen LogP contribution in [0.2, 0.25) is 0 Å². The number of anilines is 2. The van der Waals surface area contributed by atoms with Crippen LogP contribution >= 0.6 is 11.3 Å². The average molecular weight is 311 g/mol. The van der Waals surface area contributed by atoms with Crippen LogP contribution in [0.3, 0.4) is 0 Å². The fourth-order valence-electron chi connectivity index (χ4n) is 2.53. The van der Waals surface area contributed by atoms with Crippen molar-refractivity contribution in [1.82, 2.24) is 10.2 Å². The molecule has 116 valence electrons. The zero-order chi connectivity index (χ0) is 15.7. The summed E-state index contributed by atoms with van der Waals surface area (Å²) in [5.41, 5.74) is 11.8. The number of nitrogen functional groups attached to an aromatic ring is 1. The molecule has 2 heterocycles. The van der Waals surface area contributed by atoms with Crippen molar-refractivity contribution in [2.45, 2.75) is 12.5 Å². The van der Waals surface area contributed by atoms with Gasteiger partial charge in [0.15, 0.2) is 0 Å². The van der Waals surface area contributed by atoms with E-state index >= 15 is 0 Å². The normalized spacial score (nSPS) is 18.3. The predicted molar refractivity (Wildman–Crippen MR) is 84.9 cm³/mol. The molecule has 0 aliphatic carbocycles. The summed E-state index contributed by atoms with van der Waals surface area (Å²) in [6.07, 6.45) is 1.00. The van der Waals surface area contributed by atoms with E-state index in [2.05, 4.69) is 15.1 Å². The van der Waals surface area contributed by atoms with Crippen LogP contribution in [0.5, 0.6) is 0 Å². The molecule has 0 aromatic carbocycles. The lowest BCUT2D eigenvalue weighted by molar-refractivity contribution is 0.0964. The first-order valence-electron chi connectivity index (χ1n) is 6.72. The maximum absolute atomic E-state index is 12.1. The Morgan fingerprint density at radius 3 is 2.57 bits per heavy atom. The van der Waals surface area contributed by atoms with Gasteiger partial charge in [-0.25, -0.2) is 0 Å². The third-order valence-electron chi connectivity index (χ3n) is 3.79. The van der Waals surface area contributed by atoms with Crippen LogP contribution in [-0.2, 0) is 0 Å². The summed E-state index contributed by atoms with van der Waals surface area (Å²) in [4.78, 5) is 28.1. The Labute approximate surface area is 127 Å². The largest absolute Gasteiger partial charge is 0.397 e. The second-order valence-corrected chi connectivity index (χ2v) is 6.32. The van der Waals surface area contributed by atoms with Crippen molar-refractivity contribution >= 4 is 33.8 Å². The smallest absolute Gasteiger partial charge is 0.260 e. The number of carbonyl (C=O) groups excluding carboxylic acids is 2. The van der Waals surface area contributed by atoms with Gasteiger partial charge in [-0.1, -0.05) is 0 Å². The number of rotatable bonds is 4. The Hall–Kier alpha value is -1.80. The lowest BCUT2D eigenvalue weighted by Gasteiger charge is -2.21. The van der Waals surface area contributed by atoms with Crippen molar-refractivity contribution in [3.63, 3.8) is 0 Å². The zero-order valence-electron chi connectivity index (χ0n) is 12.5. The number of nitrogens with zero attached hydrogens (tertiary/aromatic N) is 2. The molecule has 1 aliphatic rings. The third-order valence-corrected chi connectivity index (χ3v) is 5.07. The van der Waals surface area contributed by atoms with Crippen LogP contribution in [0, 0.1) is 0 Å². The van der Waals surface area contributed by atoms with Crippen LogP contribution < -0.4 is 21.7 Å². The highest BCUT2D eigenvalue weighted by Gasteiger charge is 2.31. The minimum atomic E-state index is -0.600. The number of likely N-dealkylation sites (N-methyl/N-ethyl adjacent to an activating group) is 1. The van der Waals surface area contributed by atoms with E-state index in [0.717, 1.165) is 24.5 Å². The van der Waals surface area contributed by atoms with Gasteiger partial charge in [0.1, 0.15) is 9.88 Å². The standard InChI is InChI=1S/C13H21N5O2S/c1-16-12(20)8-9(14)10(11(15)19)21-13(8)18-5-4-7(6-18)17(2)3/h7H,4-6,14H2,1-3H3,(H2,15,19)(H,16,20). The number of nitrogens with two attached hydrogens (primary N) is 2. The van der Waals surface area contributed by atoms with Gasteiger partial charge in [0.25, 0.3) is 11.8 Å². The summed E-state index contributed by atoms with van der Waals surface area (Å²) in [5, 5.41) is 3.30. The summed E-state index contributed by atoms with van der Waals surface area (Å²) >= 11 is 1.20. The van der Waals surface area contributed by atoms with Gasteiger partial charge >= 0.3 is 0 Å². The summed E-state index contributed by atoms with van der Waals surface area (Å²) < 4.78 is 0. The molecule has 1 atom stereocenters. The first-order valence-corrected chi connectivity index (χ1v) is 7.54. The SMILES string of the molecule is CNC(=O)c1c(N2CCC(N(C)C)C2)sc(C(N)=O)c1N. The number of amides is 2. The van der Waals surface area contributed by atoms with Crippen LogP contribution in [0.1, 0.15) is 26.5 Å². The Kier molecular flexibility index (Phi) is 4.38. The zero-order valence-corrected chi connectivity index (χ0v) is 13.3. The van der Waals surface area contributed by atoms with E-state index in [1.807, 2.05) is 14.1 Å². The van der Waals surface area contributed by atoms with Gasteiger partial charge in [-0.2, -0.15) is 0 Å². The van der Waals surface area contributed by atoms with Crippen molar-refractivity contribution in [3.05, 3.63) is 10.4 Å². The molecule has 1 fully saturated rings. The lowest BCUT2D eigenvalue weighted by Crippen LogP contribution is -2.32. The van der Waals surface area contributed by atoms with Crippen molar-refractivity contribution in [2.75, 3.05) is 44.9 Å². The van der Waals surface area contributed by atoms with Gasteiger partial charge < -0.3 is 26.6 Å². The predicted octanol–water partition coefficient (Wildman–Crippen LogP) is -0.0709. The van der Waals surface area contributed by atoms with Crippen LogP contribution in [-0.4, -0.2) is 57.0 Å². The molecule has 1 saturated heterocycles. The lowest BCUT2D eigenvalue weighted by atomic mass is 10.2. The summed E-state index contributed by atoms with van der Waals surface area (Å²) in [6.45, 7) is 1.63. The number of thiophene rings is 1. The van der Waals surface area contributed by atoms with E-state index in [4.69, 9.17) is 11.5 Å². The Bertz CT molecular complexity index is 569. The van der Waals surface area contributed by atoms with E-state index < -0.39 is 5.91 Å². The Balaban J connectivity index is 2.41. The highest BCUT2D eigenvalue weighted by molar-refractivity contribution is 7.19. The second-order valence-electron chi connectivity index (χ2n) is 5.32. The molecule has 0 bridgehead atoms. The van der Waals surface area contributed by atoms with Gasteiger partial charge in [-0.3, -0.25) is 9.59 Å².